The quantitative estimate of drug-likeness (QED) is 0.494. The van der Waals surface area contributed by atoms with Gasteiger partial charge in [0.2, 0.25) is 5.89 Å². The number of fused-ring (bicyclic) bond motifs is 1. The number of aromatic nitrogens is 1. The van der Waals surface area contributed by atoms with E-state index in [1.54, 1.807) is 6.92 Å². The number of nitro benzene ring substituents is 1. The molecule has 0 saturated carbocycles. The van der Waals surface area contributed by atoms with Crippen LogP contribution in [-0.2, 0) is 0 Å². The van der Waals surface area contributed by atoms with E-state index in [2.05, 4.69) is 20.9 Å². The van der Waals surface area contributed by atoms with Crippen LogP contribution < -0.4 is 0 Å². The number of hydrogen-bond donors (Lipinski definition) is 0. The molecule has 0 amide bonds. The summed E-state index contributed by atoms with van der Waals surface area (Å²) in [6.07, 6.45) is 0. The summed E-state index contributed by atoms with van der Waals surface area (Å²) in [6.45, 7) is 3.75. The van der Waals surface area contributed by atoms with Crippen molar-refractivity contribution < 1.29 is 9.34 Å². The smallest absolute Gasteiger partial charge is 0.272 e. The molecule has 5 nitrogen and oxygen atoms in total. The van der Waals surface area contributed by atoms with Gasteiger partial charge in [-0.15, -0.1) is 0 Å². The van der Waals surface area contributed by atoms with Crippen molar-refractivity contribution in [3.63, 3.8) is 0 Å². The maximum atomic E-state index is 10.9. The van der Waals surface area contributed by atoms with Crippen molar-refractivity contribution in [3.8, 4) is 11.5 Å². The minimum Gasteiger partial charge on any atom is -0.436 e. The molecule has 106 valence electrons. The first-order valence-corrected chi connectivity index (χ1v) is 7.07. The Labute approximate surface area is 128 Å². The highest BCUT2D eigenvalue weighted by atomic mass is 79.9. The van der Waals surface area contributed by atoms with Crippen molar-refractivity contribution in [1.82, 2.24) is 4.98 Å². The maximum Gasteiger partial charge on any atom is 0.272 e. The maximum absolute atomic E-state index is 10.9. The van der Waals surface area contributed by atoms with Crippen LogP contribution in [0.2, 0.25) is 0 Å². The predicted molar refractivity (Wildman–Crippen MR) is 83.3 cm³/mol. The molecule has 0 aliphatic heterocycles. The van der Waals surface area contributed by atoms with Gasteiger partial charge in [0, 0.05) is 27.7 Å². The van der Waals surface area contributed by atoms with E-state index in [0.717, 1.165) is 15.6 Å². The van der Waals surface area contributed by atoms with E-state index in [9.17, 15) is 10.1 Å². The molecule has 0 bridgehead atoms. The molecular formula is C15H11BrN2O3. The molecule has 3 rings (SSSR count). The summed E-state index contributed by atoms with van der Waals surface area (Å²) in [4.78, 5) is 14.8. The molecule has 0 aliphatic rings. The summed E-state index contributed by atoms with van der Waals surface area (Å²) in [6, 6.07) is 8.70. The molecule has 6 heteroatoms. The fraction of sp³-hybridized carbons (Fsp3) is 0.133. The monoisotopic (exact) mass is 346 g/mol. The van der Waals surface area contributed by atoms with Gasteiger partial charge in [0.15, 0.2) is 5.58 Å². The number of hydrogen-bond acceptors (Lipinski definition) is 4. The molecule has 0 saturated heterocycles. The SMILES string of the molecule is Cc1cc(-c2nc3cc([N+](=O)[O-])cc(C)c3o2)ccc1Br. The van der Waals surface area contributed by atoms with E-state index >= 15 is 0 Å². The Bertz CT molecular complexity index is 871. The summed E-state index contributed by atoms with van der Waals surface area (Å²) in [5, 5.41) is 10.9. The standard InChI is InChI=1S/C15H11BrN2O3/c1-8-5-10(3-4-12(8)16)15-17-13-7-11(18(19)20)6-9(2)14(13)21-15/h3-7H,1-2H3. The Morgan fingerprint density at radius 3 is 2.62 bits per heavy atom. The first kappa shape index (κ1) is 13.8. The third-order valence-corrected chi connectivity index (χ3v) is 4.17. The van der Waals surface area contributed by atoms with Crippen LogP contribution in [0, 0.1) is 24.0 Å². The van der Waals surface area contributed by atoms with Gasteiger partial charge in [0.05, 0.1) is 4.92 Å². The van der Waals surface area contributed by atoms with Crippen molar-refractivity contribution in [3.05, 3.63) is 56.0 Å². The summed E-state index contributed by atoms with van der Waals surface area (Å²) in [5.74, 6) is 0.462. The fourth-order valence-corrected chi connectivity index (χ4v) is 2.43. The molecule has 1 aromatic heterocycles. The van der Waals surface area contributed by atoms with E-state index in [-0.39, 0.29) is 5.69 Å². The average molecular weight is 347 g/mol. The molecular weight excluding hydrogens is 336 g/mol. The van der Waals surface area contributed by atoms with E-state index in [0.29, 0.717) is 22.6 Å². The second-order valence-corrected chi connectivity index (χ2v) is 5.71. The second kappa shape index (κ2) is 4.96. The van der Waals surface area contributed by atoms with Crippen molar-refractivity contribution in [2.75, 3.05) is 0 Å². The molecule has 0 atom stereocenters. The third kappa shape index (κ3) is 2.42. The highest BCUT2D eigenvalue weighted by Gasteiger charge is 2.16. The molecule has 3 aromatic rings. The normalized spacial score (nSPS) is 11.0. The van der Waals surface area contributed by atoms with Crippen LogP contribution >= 0.6 is 15.9 Å². The van der Waals surface area contributed by atoms with E-state index in [4.69, 9.17) is 4.42 Å². The van der Waals surface area contributed by atoms with Crippen molar-refractivity contribution in [2.45, 2.75) is 13.8 Å². The number of non-ortho nitro benzene ring substituents is 1. The lowest BCUT2D eigenvalue weighted by atomic mass is 10.1. The summed E-state index contributed by atoms with van der Waals surface area (Å²) >= 11 is 3.45. The fourth-order valence-electron chi connectivity index (χ4n) is 2.19. The second-order valence-electron chi connectivity index (χ2n) is 4.85. The molecule has 21 heavy (non-hydrogen) atoms. The largest absolute Gasteiger partial charge is 0.436 e. The number of rotatable bonds is 2. The Morgan fingerprint density at radius 1 is 1.19 bits per heavy atom. The first-order valence-electron chi connectivity index (χ1n) is 6.28. The molecule has 0 N–H and O–H groups in total. The number of halogens is 1. The number of nitro groups is 1. The van der Waals surface area contributed by atoms with Crippen LogP contribution in [0.25, 0.3) is 22.6 Å². The number of benzene rings is 2. The van der Waals surface area contributed by atoms with E-state index < -0.39 is 4.92 Å². The lowest BCUT2D eigenvalue weighted by Gasteiger charge is -1.99. The molecule has 0 radical (unpaired) electrons. The van der Waals surface area contributed by atoms with Gasteiger partial charge in [-0.05, 0) is 37.6 Å². The lowest BCUT2D eigenvalue weighted by Crippen LogP contribution is -1.88. The zero-order valence-electron chi connectivity index (χ0n) is 11.4. The minimum atomic E-state index is -0.426. The van der Waals surface area contributed by atoms with Crippen LogP contribution in [0.3, 0.4) is 0 Å². The Balaban J connectivity index is 2.18. The van der Waals surface area contributed by atoms with Gasteiger partial charge in [-0.1, -0.05) is 15.9 Å². The Morgan fingerprint density at radius 2 is 1.95 bits per heavy atom. The zero-order chi connectivity index (χ0) is 15.1. The lowest BCUT2D eigenvalue weighted by molar-refractivity contribution is -0.384. The highest BCUT2D eigenvalue weighted by Crippen LogP contribution is 2.31. The molecule has 2 aromatic carbocycles. The van der Waals surface area contributed by atoms with Gasteiger partial charge in [-0.3, -0.25) is 10.1 Å². The van der Waals surface area contributed by atoms with Crippen LogP contribution in [0.1, 0.15) is 11.1 Å². The summed E-state index contributed by atoms with van der Waals surface area (Å²) in [5.41, 5.74) is 3.71. The Hall–Kier alpha value is -2.21. The molecule has 0 unspecified atom stereocenters. The minimum absolute atomic E-state index is 0.0202. The van der Waals surface area contributed by atoms with E-state index in [1.165, 1.54) is 12.1 Å². The van der Waals surface area contributed by atoms with Gasteiger partial charge in [0.1, 0.15) is 5.52 Å². The van der Waals surface area contributed by atoms with Crippen LogP contribution in [0.15, 0.2) is 39.2 Å². The van der Waals surface area contributed by atoms with Gasteiger partial charge >= 0.3 is 0 Å². The van der Waals surface area contributed by atoms with Crippen molar-refractivity contribution in [1.29, 1.82) is 0 Å². The van der Waals surface area contributed by atoms with Gasteiger partial charge in [-0.2, -0.15) is 0 Å². The summed E-state index contributed by atoms with van der Waals surface area (Å²) in [7, 11) is 0. The molecule has 0 aliphatic carbocycles. The topological polar surface area (TPSA) is 69.2 Å². The van der Waals surface area contributed by atoms with Crippen molar-refractivity contribution in [2.24, 2.45) is 0 Å². The average Bonchev–Trinajstić information content (AvgIpc) is 2.86. The molecule has 0 fully saturated rings. The van der Waals surface area contributed by atoms with E-state index in [1.807, 2.05) is 25.1 Å². The number of aryl methyl sites for hydroxylation is 2. The molecule has 1 heterocycles. The number of nitrogens with zero attached hydrogens (tertiary/aromatic N) is 2. The molecule has 0 spiro atoms. The van der Waals surface area contributed by atoms with Gasteiger partial charge in [0.25, 0.3) is 5.69 Å². The number of oxazole rings is 1. The Kier molecular flexibility index (Phi) is 3.25. The van der Waals surface area contributed by atoms with Crippen LogP contribution in [0.4, 0.5) is 5.69 Å². The van der Waals surface area contributed by atoms with Crippen LogP contribution in [-0.4, -0.2) is 9.91 Å². The van der Waals surface area contributed by atoms with Gasteiger partial charge in [-0.25, -0.2) is 4.98 Å². The zero-order valence-corrected chi connectivity index (χ0v) is 13.0. The summed E-state index contributed by atoms with van der Waals surface area (Å²) < 4.78 is 6.77. The van der Waals surface area contributed by atoms with Crippen molar-refractivity contribution >= 4 is 32.7 Å². The van der Waals surface area contributed by atoms with Gasteiger partial charge < -0.3 is 4.42 Å². The highest BCUT2D eigenvalue weighted by molar-refractivity contribution is 9.10. The third-order valence-electron chi connectivity index (χ3n) is 3.28. The van der Waals surface area contributed by atoms with Crippen LogP contribution in [0.5, 0.6) is 0 Å². The first-order chi connectivity index (χ1) is 9.95. The predicted octanol–water partition coefficient (Wildman–Crippen LogP) is 4.78.